The molecule has 1 aliphatic rings. The van der Waals surface area contributed by atoms with Crippen molar-refractivity contribution in [3.05, 3.63) is 47.0 Å². The Morgan fingerprint density at radius 1 is 1.30 bits per heavy atom. The Morgan fingerprint density at radius 2 is 2.04 bits per heavy atom. The topological polar surface area (TPSA) is 50.4 Å². The molecule has 1 aromatic carbocycles. The Bertz CT molecular complexity index is 573. The second kappa shape index (κ2) is 7.64. The van der Waals surface area contributed by atoms with E-state index in [0.717, 1.165) is 19.4 Å². The van der Waals surface area contributed by atoms with E-state index in [1.807, 2.05) is 32.9 Å². The molecule has 1 atom stereocenters. The number of carbonyl (C=O) groups excluding carboxylic acids is 1. The lowest BCUT2D eigenvalue weighted by Crippen LogP contribution is -2.32. The number of alkyl carbamates (subject to hydrolysis) is 1. The molecule has 2 rings (SSSR count). The summed E-state index contributed by atoms with van der Waals surface area (Å²) in [4.78, 5) is 11.5. The quantitative estimate of drug-likeness (QED) is 0.815. The first kappa shape index (κ1) is 17.5. The van der Waals surface area contributed by atoms with Crippen LogP contribution in [-0.2, 0) is 11.2 Å². The van der Waals surface area contributed by atoms with Crippen LogP contribution in [0.15, 0.2) is 30.4 Å². The molecule has 0 fully saturated rings. The van der Waals surface area contributed by atoms with E-state index < -0.39 is 5.60 Å². The van der Waals surface area contributed by atoms with Crippen molar-refractivity contribution in [1.82, 2.24) is 10.6 Å². The molecule has 0 bridgehead atoms. The fraction of sp³-hybridized carbons (Fsp3) is 0.526. The van der Waals surface area contributed by atoms with E-state index in [9.17, 15) is 4.79 Å². The summed E-state index contributed by atoms with van der Waals surface area (Å²) in [6, 6.07) is 7.15. The van der Waals surface area contributed by atoms with Crippen LogP contribution in [0.25, 0.3) is 0 Å². The predicted octanol–water partition coefficient (Wildman–Crippen LogP) is 3.65. The summed E-state index contributed by atoms with van der Waals surface area (Å²) in [6.45, 7) is 8.98. The average Bonchev–Trinajstić information content (AvgIpc) is 2.83. The number of rotatable bonds is 5. The molecular formula is C19H28N2O2. The third-order valence-corrected chi connectivity index (χ3v) is 3.79. The maximum Gasteiger partial charge on any atom is 0.407 e. The van der Waals surface area contributed by atoms with Crippen LogP contribution in [0.1, 0.15) is 49.9 Å². The number of hydrogen-bond donors (Lipinski definition) is 2. The first-order chi connectivity index (χ1) is 10.8. The molecule has 1 amide bonds. The molecule has 4 heteroatoms. The van der Waals surface area contributed by atoms with Gasteiger partial charge in [-0.25, -0.2) is 4.79 Å². The lowest BCUT2D eigenvalue weighted by atomic mass is 10.1. The molecule has 0 spiro atoms. The number of ether oxygens (including phenoxy) is 1. The first-order valence-electron chi connectivity index (χ1n) is 8.30. The van der Waals surface area contributed by atoms with Gasteiger partial charge in [-0.3, -0.25) is 0 Å². The standard InChI is InChI=1S/C19H28N2O2/c1-14-7-8-15-9-10-17(16(15)13-14)20-11-5-6-12-21-18(22)23-19(2,3)4/h5-8,13,17,20H,9-12H2,1-4H3,(H,21,22)/b6-5+. The van der Waals surface area contributed by atoms with Crippen LogP contribution in [-0.4, -0.2) is 24.8 Å². The minimum atomic E-state index is -0.455. The molecule has 2 N–H and O–H groups in total. The lowest BCUT2D eigenvalue weighted by molar-refractivity contribution is 0.0534. The summed E-state index contributed by atoms with van der Waals surface area (Å²) in [6.07, 6.45) is 5.92. The van der Waals surface area contributed by atoms with Crippen molar-refractivity contribution in [3.63, 3.8) is 0 Å². The Labute approximate surface area is 139 Å². The van der Waals surface area contributed by atoms with Crippen LogP contribution in [0.5, 0.6) is 0 Å². The smallest absolute Gasteiger partial charge is 0.407 e. The van der Waals surface area contributed by atoms with Gasteiger partial charge in [0, 0.05) is 19.1 Å². The van der Waals surface area contributed by atoms with Crippen molar-refractivity contribution in [2.75, 3.05) is 13.1 Å². The first-order valence-corrected chi connectivity index (χ1v) is 8.30. The van der Waals surface area contributed by atoms with Crippen molar-refractivity contribution in [2.45, 2.75) is 52.2 Å². The van der Waals surface area contributed by atoms with Gasteiger partial charge in [0.2, 0.25) is 0 Å². The van der Waals surface area contributed by atoms with E-state index in [1.165, 1.54) is 16.7 Å². The zero-order chi connectivity index (χ0) is 16.9. The van der Waals surface area contributed by atoms with Gasteiger partial charge < -0.3 is 15.4 Å². The number of benzene rings is 1. The van der Waals surface area contributed by atoms with E-state index in [2.05, 4.69) is 35.8 Å². The van der Waals surface area contributed by atoms with Gasteiger partial charge in [0.25, 0.3) is 0 Å². The Hall–Kier alpha value is -1.81. The summed E-state index contributed by atoms with van der Waals surface area (Å²) in [7, 11) is 0. The summed E-state index contributed by atoms with van der Waals surface area (Å²) >= 11 is 0. The van der Waals surface area contributed by atoms with Gasteiger partial charge in [0.15, 0.2) is 0 Å². The molecule has 0 aromatic heterocycles. The number of fused-ring (bicyclic) bond motifs is 1. The Balaban J connectivity index is 1.69. The highest BCUT2D eigenvalue weighted by atomic mass is 16.6. The highest BCUT2D eigenvalue weighted by Crippen LogP contribution is 2.31. The fourth-order valence-electron chi connectivity index (χ4n) is 2.77. The highest BCUT2D eigenvalue weighted by molar-refractivity contribution is 5.67. The molecule has 1 aliphatic carbocycles. The zero-order valence-corrected chi connectivity index (χ0v) is 14.6. The van der Waals surface area contributed by atoms with Crippen LogP contribution in [0.3, 0.4) is 0 Å². The van der Waals surface area contributed by atoms with Gasteiger partial charge in [-0.1, -0.05) is 35.9 Å². The lowest BCUT2D eigenvalue weighted by Gasteiger charge is -2.19. The molecule has 126 valence electrons. The van der Waals surface area contributed by atoms with Gasteiger partial charge in [0.05, 0.1) is 0 Å². The predicted molar refractivity (Wildman–Crippen MR) is 93.6 cm³/mol. The molecular weight excluding hydrogens is 288 g/mol. The number of aryl methyl sites for hydroxylation is 2. The minimum Gasteiger partial charge on any atom is -0.444 e. The van der Waals surface area contributed by atoms with Crippen molar-refractivity contribution >= 4 is 6.09 Å². The van der Waals surface area contributed by atoms with Gasteiger partial charge in [-0.05, 0) is 51.7 Å². The van der Waals surface area contributed by atoms with E-state index in [1.54, 1.807) is 0 Å². The summed E-state index contributed by atoms with van der Waals surface area (Å²) in [5.74, 6) is 0. The van der Waals surface area contributed by atoms with Crippen LogP contribution in [0.2, 0.25) is 0 Å². The maximum atomic E-state index is 11.5. The monoisotopic (exact) mass is 316 g/mol. The molecule has 0 saturated heterocycles. The second-order valence-electron chi connectivity index (χ2n) is 7.06. The number of nitrogens with one attached hydrogen (secondary N) is 2. The highest BCUT2D eigenvalue weighted by Gasteiger charge is 2.21. The normalized spacial score (nSPS) is 17.3. The number of amides is 1. The Morgan fingerprint density at radius 3 is 2.78 bits per heavy atom. The molecule has 1 aromatic rings. The molecule has 1 unspecified atom stereocenters. The largest absolute Gasteiger partial charge is 0.444 e. The minimum absolute atomic E-state index is 0.379. The van der Waals surface area contributed by atoms with Crippen molar-refractivity contribution in [1.29, 1.82) is 0 Å². The fourth-order valence-corrected chi connectivity index (χ4v) is 2.77. The molecule has 0 saturated carbocycles. The molecule has 0 heterocycles. The van der Waals surface area contributed by atoms with Gasteiger partial charge in [-0.15, -0.1) is 0 Å². The number of hydrogen-bond acceptors (Lipinski definition) is 3. The SMILES string of the molecule is Cc1ccc2c(c1)C(NC/C=C/CNC(=O)OC(C)(C)C)CC2. The van der Waals surface area contributed by atoms with E-state index in [4.69, 9.17) is 4.74 Å². The maximum absolute atomic E-state index is 11.5. The van der Waals surface area contributed by atoms with Crippen molar-refractivity contribution < 1.29 is 9.53 Å². The van der Waals surface area contributed by atoms with Crippen LogP contribution >= 0.6 is 0 Å². The van der Waals surface area contributed by atoms with Gasteiger partial charge >= 0.3 is 6.09 Å². The summed E-state index contributed by atoms with van der Waals surface area (Å²) in [5, 5.41) is 6.28. The van der Waals surface area contributed by atoms with Crippen LogP contribution in [0.4, 0.5) is 4.79 Å². The van der Waals surface area contributed by atoms with Crippen LogP contribution < -0.4 is 10.6 Å². The Kier molecular flexibility index (Phi) is 5.83. The van der Waals surface area contributed by atoms with Gasteiger partial charge in [0.1, 0.15) is 5.60 Å². The number of carbonyl (C=O) groups is 1. The molecule has 0 radical (unpaired) electrons. The second-order valence-corrected chi connectivity index (χ2v) is 7.06. The molecule has 4 nitrogen and oxygen atoms in total. The molecule has 23 heavy (non-hydrogen) atoms. The average molecular weight is 316 g/mol. The summed E-state index contributed by atoms with van der Waals surface area (Å²) < 4.78 is 5.18. The third kappa shape index (κ3) is 5.71. The van der Waals surface area contributed by atoms with Crippen molar-refractivity contribution in [2.24, 2.45) is 0 Å². The van der Waals surface area contributed by atoms with Crippen molar-refractivity contribution in [3.8, 4) is 0 Å². The van der Waals surface area contributed by atoms with E-state index >= 15 is 0 Å². The van der Waals surface area contributed by atoms with E-state index in [0.29, 0.717) is 12.6 Å². The third-order valence-electron chi connectivity index (χ3n) is 3.79. The summed E-state index contributed by atoms with van der Waals surface area (Å²) in [5.41, 5.74) is 3.76. The zero-order valence-electron chi connectivity index (χ0n) is 14.6. The van der Waals surface area contributed by atoms with Crippen LogP contribution in [0, 0.1) is 6.92 Å². The van der Waals surface area contributed by atoms with E-state index in [-0.39, 0.29) is 6.09 Å². The molecule has 0 aliphatic heterocycles. The van der Waals surface area contributed by atoms with Gasteiger partial charge in [-0.2, -0.15) is 0 Å².